The second-order valence-electron chi connectivity index (χ2n) is 5.91. The van der Waals surface area contributed by atoms with Crippen LogP contribution in [0.3, 0.4) is 0 Å². The lowest BCUT2D eigenvalue weighted by Gasteiger charge is -2.14. The van der Waals surface area contributed by atoms with Gasteiger partial charge in [0.05, 0.1) is 10.9 Å². The molecule has 1 amide bonds. The van der Waals surface area contributed by atoms with Crippen molar-refractivity contribution in [2.75, 3.05) is 5.32 Å². The van der Waals surface area contributed by atoms with E-state index in [1.165, 1.54) is 11.8 Å². The fraction of sp³-hybridized carbons (Fsp3) is 0.211. The van der Waals surface area contributed by atoms with E-state index in [0.29, 0.717) is 5.16 Å². The molecule has 0 aliphatic heterocycles. The molecule has 0 saturated heterocycles. The molecule has 0 aliphatic carbocycles. The van der Waals surface area contributed by atoms with Crippen molar-refractivity contribution in [2.45, 2.75) is 31.2 Å². The number of halogens is 1. The molecule has 1 aromatic heterocycles. The first-order valence-electron chi connectivity index (χ1n) is 8.17. The average molecular weight is 431 g/mol. The zero-order valence-electron chi connectivity index (χ0n) is 14.7. The molecular formula is C19H19BrN4OS. The summed E-state index contributed by atoms with van der Waals surface area (Å²) in [6.45, 7) is 5.83. The number of hydrogen-bond donors (Lipinski definition) is 1. The molecule has 2 aromatic carbocycles. The van der Waals surface area contributed by atoms with Crippen molar-refractivity contribution in [3.8, 4) is 5.69 Å². The van der Waals surface area contributed by atoms with Gasteiger partial charge < -0.3 is 5.32 Å². The quantitative estimate of drug-likeness (QED) is 0.592. The summed E-state index contributed by atoms with van der Waals surface area (Å²) in [6.07, 6.45) is 0. The number of anilines is 1. The number of carbonyl (C=O) groups excluding carboxylic acids is 1. The van der Waals surface area contributed by atoms with E-state index in [0.717, 1.165) is 27.2 Å². The predicted octanol–water partition coefficient (Wildman–Crippen LogP) is 4.77. The fourth-order valence-corrected chi connectivity index (χ4v) is 3.67. The van der Waals surface area contributed by atoms with Gasteiger partial charge in [0.2, 0.25) is 5.91 Å². The van der Waals surface area contributed by atoms with E-state index in [9.17, 15) is 4.79 Å². The van der Waals surface area contributed by atoms with E-state index in [1.807, 2.05) is 73.9 Å². The molecule has 3 rings (SSSR count). The molecule has 0 spiro atoms. The molecule has 3 aromatic rings. The van der Waals surface area contributed by atoms with Crippen LogP contribution in [0.4, 0.5) is 5.69 Å². The number of benzene rings is 2. The van der Waals surface area contributed by atoms with Gasteiger partial charge in [-0.3, -0.25) is 9.36 Å². The molecule has 134 valence electrons. The molecule has 0 radical (unpaired) electrons. The molecule has 0 bridgehead atoms. The molecule has 5 nitrogen and oxygen atoms in total. The summed E-state index contributed by atoms with van der Waals surface area (Å²) in [5, 5.41) is 11.8. The van der Waals surface area contributed by atoms with E-state index in [2.05, 4.69) is 31.4 Å². The molecule has 26 heavy (non-hydrogen) atoms. The van der Waals surface area contributed by atoms with E-state index < -0.39 is 0 Å². The van der Waals surface area contributed by atoms with Gasteiger partial charge in [0.25, 0.3) is 0 Å². The summed E-state index contributed by atoms with van der Waals surface area (Å²) in [5.41, 5.74) is 2.92. The molecular weight excluding hydrogens is 412 g/mol. The van der Waals surface area contributed by atoms with Crippen LogP contribution in [0, 0.1) is 13.8 Å². The van der Waals surface area contributed by atoms with Crippen molar-refractivity contribution in [3.63, 3.8) is 0 Å². The number of carbonyl (C=O) groups is 1. The monoisotopic (exact) mass is 430 g/mol. The zero-order chi connectivity index (χ0) is 18.7. The van der Waals surface area contributed by atoms with E-state index >= 15 is 0 Å². The Bertz CT molecular complexity index is 924. The molecule has 1 unspecified atom stereocenters. The van der Waals surface area contributed by atoms with Gasteiger partial charge in [-0.05, 0) is 56.7 Å². The summed E-state index contributed by atoms with van der Waals surface area (Å²) < 4.78 is 2.96. The maximum Gasteiger partial charge on any atom is 0.237 e. The van der Waals surface area contributed by atoms with Crippen LogP contribution in [0.1, 0.15) is 18.3 Å². The van der Waals surface area contributed by atoms with E-state index in [4.69, 9.17) is 0 Å². The Labute approximate surface area is 165 Å². The standard InChI is InChI=1S/C19H19BrN4OS/c1-12-6-4-5-7-17(12)24-14(3)22-23-19(24)26-13(2)18(25)21-16-10-8-15(20)9-11-16/h4-11,13H,1-3H3,(H,21,25). The van der Waals surface area contributed by atoms with Crippen molar-refractivity contribution < 1.29 is 4.79 Å². The van der Waals surface area contributed by atoms with Crippen molar-refractivity contribution in [3.05, 3.63) is 64.4 Å². The first-order chi connectivity index (χ1) is 12.5. The lowest BCUT2D eigenvalue weighted by molar-refractivity contribution is -0.115. The Morgan fingerprint density at radius 2 is 1.81 bits per heavy atom. The van der Waals surface area contributed by atoms with Gasteiger partial charge in [0, 0.05) is 10.2 Å². The van der Waals surface area contributed by atoms with Gasteiger partial charge >= 0.3 is 0 Å². The van der Waals surface area contributed by atoms with Crippen molar-refractivity contribution in [1.82, 2.24) is 14.8 Å². The topological polar surface area (TPSA) is 59.8 Å². The lowest BCUT2D eigenvalue weighted by Crippen LogP contribution is -2.22. The van der Waals surface area contributed by atoms with Crippen LogP contribution in [0.5, 0.6) is 0 Å². The smallest absolute Gasteiger partial charge is 0.237 e. The molecule has 0 fully saturated rings. The number of aryl methyl sites for hydroxylation is 2. The van der Waals surface area contributed by atoms with Gasteiger partial charge in [0.15, 0.2) is 5.16 Å². The summed E-state index contributed by atoms with van der Waals surface area (Å²) in [6, 6.07) is 15.6. The zero-order valence-corrected chi connectivity index (χ0v) is 17.1. The lowest BCUT2D eigenvalue weighted by atomic mass is 10.2. The highest BCUT2D eigenvalue weighted by Crippen LogP contribution is 2.27. The molecule has 7 heteroatoms. The Kier molecular flexibility index (Phi) is 5.78. The molecule has 1 heterocycles. The maximum absolute atomic E-state index is 12.5. The largest absolute Gasteiger partial charge is 0.325 e. The number of aromatic nitrogens is 3. The third kappa shape index (κ3) is 4.16. The normalized spacial score (nSPS) is 12.0. The van der Waals surface area contributed by atoms with Gasteiger partial charge in [-0.15, -0.1) is 10.2 Å². The molecule has 0 saturated carbocycles. The van der Waals surface area contributed by atoms with Gasteiger partial charge in [-0.1, -0.05) is 45.9 Å². The van der Waals surface area contributed by atoms with Gasteiger partial charge in [-0.25, -0.2) is 0 Å². The Morgan fingerprint density at radius 1 is 1.12 bits per heavy atom. The van der Waals surface area contributed by atoms with Crippen LogP contribution in [0.25, 0.3) is 5.69 Å². The molecule has 0 aliphatic rings. The highest BCUT2D eigenvalue weighted by atomic mass is 79.9. The average Bonchev–Trinajstić information content (AvgIpc) is 2.97. The number of rotatable bonds is 5. The van der Waals surface area contributed by atoms with Gasteiger partial charge in [-0.2, -0.15) is 0 Å². The number of amides is 1. The summed E-state index contributed by atoms with van der Waals surface area (Å²) in [4.78, 5) is 12.5. The SMILES string of the molecule is Cc1ccccc1-n1c(C)nnc1SC(C)C(=O)Nc1ccc(Br)cc1. The van der Waals surface area contributed by atoms with Gasteiger partial charge in [0.1, 0.15) is 5.82 Å². The van der Waals surface area contributed by atoms with Crippen molar-refractivity contribution in [1.29, 1.82) is 0 Å². The van der Waals surface area contributed by atoms with Crippen molar-refractivity contribution >= 4 is 39.3 Å². The first-order valence-corrected chi connectivity index (χ1v) is 9.84. The van der Waals surface area contributed by atoms with Crippen LogP contribution in [0.15, 0.2) is 58.2 Å². The Hall–Kier alpha value is -2.12. The Balaban J connectivity index is 1.78. The number of nitrogens with one attached hydrogen (secondary N) is 1. The van der Waals surface area contributed by atoms with Crippen LogP contribution in [-0.4, -0.2) is 25.9 Å². The summed E-state index contributed by atoms with van der Waals surface area (Å²) in [5.74, 6) is 0.719. The summed E-state index contributed by atoms with van der Waals surface area (Å²) in [7, 11) is 0. The van der Waals surface area contributed by atoms with Crippen molar-refractivity contribution in [2.24, 2.45) is 0 Å². The minimum Gasteiger partial charge on any atom is -0.325 e. The Morgan fingerprint density at radius 3 is 2.50 bits per heavy atom. The second-order valence-corrected chi connectivity index (χ2v) is 8.13. The molecule has 1 atom stereocenters. The second kappa shape index (κ2) is 8.05. The maximum atomic E-state index is 12.5. The van der Waals surface area contributed by atoms with E-state index in [-0.39, 0.29) is 11.2 Å². The number of thioether (sulfide) groups is 1. The van der Waals surface area contributed by atoms with Crippen LogP contribution in [-0.2, 0) is 4.79 Å². The molecule has 1 N–H and O–H groups in total. The van der Waals surface area contributed by atoms with Crippen LogP contribution in [0.2, 0.25) is 0 Å². The highest BCUT2D eigenvalue weighted by molar-refractivity contribution is 9.10. The fourth-order valence-electron chi connectivity index (χ4n) is 2.50. The van der Waals surface area contributed by atoms with Crippen LogP contribution >= 0.6 is 27.7 Å². The minimum atomic E-state index is -0.315. The number of para-hydroxylation sites is 1. The highest BCUT2D eigenvalue weighted by Gasteiger charge is 2.20. The predicted molar refractivity (Wildman–Crippen MR) is 109 cm³/mol. The number of nitrogens with zero attached hydrogens (tertiary/aromatic N) is 3. The third-order valence-electron chi connectivity index (χ3n) is 3.91. The summed E-state index contributed by atoms with van der Waals surface area (Å²) >= 11 is 4.78. The number of hydrogen-bond acceptors (Lipinski definition) is 4. The third-order valence-corrected chi connectivity index (χ3v) is 5.49. The first kappa shape index (κ1) is 18.7. The minimum absolute atomic E-state index is 0.0747. The van der Waals surface area contributed by atoms with Crippen LogP contribution < -0.4 is 5.32 Å². The van der Waals surface area contributed by atoms with E-state index in [1.54, 1.807) is 0 Å².